The number of thioether (sulfide) groups is 1. The van der Waals surface area contributed by atoms with E-state index in [1.54, 1.807) is 24.3 Å². The summed E-state index contributed by atoms with van der Waals surface area (Å²) in [6.45, 7) is 3.69. The fraction of sp³-hybridized carbons (Fsp3) is 0.278. The summed E-state index contributed by atoms with van der Waals surface area (Å²) >= 11 is 0.633. The zero-order valence-electron chi connectivity index (χ0n) is 13.8. The van der Waals surface area contributed by atoms with Gasteiger partial charge in [-0.2, -0.15) is 13.2 Å². The molecule has 0 aliphatic heterocycles. The van der Waals surface area contributed by atoms with Crippen LogP contribution in [0.1, 0.15) is 11.1 Å². The Kier molecular flexibility index (Phi) is 6.36. The maximum atomic E-state index is 12.4. The highest BCUT2D eigenvalue weighted by Gasteiger charge is 2.27. The van der Waals surface area contributed by atoms with E-state index in [1.807, 2.05) is 26.0 Å². The molecule has 3 nitrogen and oxygen atoms in total. The Balaban J connectivity index is 1.95. The van der Waals surface area contributed by atoms with Gasteiger partial charge in [0.2, 0.25) is 0 Å². The topological polar surface area (TPSA) is 38.3 Å². The molecule has 25 heavy (non-hydrogen) atoms. The van der Waals surface area contributed by atoms with Crippen LogP contribution in [0.5, 0.6) is 5.75 Å². The van der Waals surface area contributed by atoms with Gasteiger partial charge in [-0.15, -0.1) is 11.8 Å². The third-order valence-electron chi connectivity index (χ3n) is 3.40. The van der Waals surface area contributed by atoms with Crippen molar-refractivity contribution in [3.8, 4) is 5.75 Å². The summed E-state index contributed by atoms with van der Waals surface area (Å²) in [6, 6.07) is 11.9. The first-order valence-corrected chi connectivity index (χ1v) is 8.51. The zero-order chi connectivity index (χ0) is 18.4. The number of hydrogen-bond donors (Lipinski definition) is 1. The van der Waals surface area contributed by atoms with Gasteiger partial charge in [0, 0.05) is 4.90 Å². The first-order valence-electron chi connectivity index (χ1n) is 7.53. The molecule has 0 bridgehead atoms. The van der Waals surface area contributed by atoms with Gasteiger partial charge < -0.3 is 10.1 Å². The van der Waals surface area contributed by atoms with Gasteiger partial charge in [-0.05, 0) is 49.2 Å². The average Bonchev–Trinajstić information content (AvgIpc) is 2.54. The number of para-hydroxylation sites is 1. The van der Waals surface area contributed by atoms with E-state index in [-0.39, 0.29) is 6.61 Å². The average molecular weight is 369 g/mol. The van der Waals surface area contributed by atoms with Gasteiger partial charge in [0.1, 0.15) is 5.75 Å². The van der Waals surface area contributed by atoms with Crippen molar-refractivity contribution in [1.29, 1.82) is 0 Å². The van der Waals surface area contributed by atoms with E-state index >= 15 is 0 Å². The maximum Gasteiger partial charge on any atom is 0.398 e. The highest BCUT2D eigenvalue weighted by molar-refractivity contribution is 7.99. The molecule has 0 saturated carbocycles. The smallest absolute Gasteiger partial charge is 0.398 e. The van der Waals surface area contributed by atoms with Crippen LogP contribution < -0.4 is 10.1 Å². The van der Waals surface area contributed by atoms with Crippen molar-refractivity contribution in [2.24, 2.45) is 0 Å². The van der Waals surface area contributed by atoms with Crippen LogP contribution in [0.15, 0.2) is 47.4 Å². The van der Waals surface area contributed by atoms with Gasteiger partial charge in [-0.1, -0.05) is 18.2 Å². The van der Waals surface area contributed by atoms with E-state index in [9.17, 15) is 18.0 Å². The molecular formula is C18H18F3NO2S. The Morgan fingerprint density at radius 1 is 1.12 bits per heavy atom. The molecule has 0 radical (unpaired) electrons. The normalized spacial score (nSPS) is 11.2. The third kappa shape index (κ3) is 6.34. The van der Waals surface area contributed by atoms with Crippen molar-refractivity contribution in [2.75, 3.05) is 17.7 Å². The van der Waals surface area contributed by atoms with E-state index in [2.05, 4.69) is 5.32 Å². The van der Waals surface area contributed by atoms with Crippen molar-refractivity contribution < 1.29 is 22.7 Å². The molecule has 0 saturated heterocycles. The van der Waals surface area contributed by atoms with E-state index in [1.165, 1.54) is 6.07 Å². The van der Waals surface area contributed by atoms with Crippen molar-refractivity contribution >= 4 is 23.4 Å². The molecule has 0 aromatic heterocycles. The predicted molar refractivity (Wildman–Crippen MR) is 93.3 cm³/mol. The number of amides is 1. The molecule has 0 unspecified atom stereocenters. The highest BCUT2D eigenvalue weighted by atomic mass is 32.2. The third-order valence-corrected chi connectivity index (χ3v) is 4.54. The summed E-state index contributed by atoms with van der Waals surface area (Å²) in [4.78, 5) is 12.4. The number of carbonyl (C=O) groups is 1. The molecule has 134 valence electrons. The number of halogens is 3. The lowest BCUT2D eigenvalue weighted by molar-refractivity contribution is -0.118. The van der Waals surface area contributed by atoms with E-state index < -0.39 is 17.8 Å². The molecule has 0 fully saturated rings. The number of nitrogens with one attached hydrogen (secondary N) is 1. The number of anilines is 1. The largest absolute Gasteiger partial charge is 0.484 e. The molecule has 1 amide bonds. The number of aryl methyl sites for hydroxylation is 2. The molecular weight excluding hydrogens is 351 g/mol. The monoisotopic (exact) mass is 369 g/mol. The van der Waals surface area contributed by atoms with Crippen LogP contribution in [-0.4, -0.2) is 24.4 Å². The van der Waals surface area contributed by atoms with Crippen LogP contribution >= 0.6 is 11.8 Å². The molecule has 0 aliphatic rings. The zero-order valence-corrected chi connectivity index (χ0v) is 14.6. The first-order chi connectivity index (χ1) is 11.7. The van der Waals surface area contributed by atoms with Gasteiger partial charge >= 0.3 is 6.18 Å². The number of rotatable bonds is 6. The summed E-state index contributed by atoms with van der Waals surface area (Å²) in [6.07, 6.45) is -4.27. The molecule has 2 aromatic rings. The Bertz CT molecular complexity index is 747. The van der Waals surface area contributed by atoms with Crippen LogP contribution in [-0.2, 0) is 4.79 Å². The van der Waals surface area contributed by atoms with Crippen LogP contribution in [0, 0.1) is 13.8 Å². The standard InChI is InChI=1S/C18H18F3NO2S/c1-12-7-8-14(9-13(12)2)24-10-17(23)22-15-5-3-4-6-16(15)25-11-18(19,20)21/h3-9H,10-11H2,1-2H3,(H,22,23). The number of benzene rings is 2. The Morgan fingerprint density at radius 2 is 1.84 bits per heavy atom. The molecule has 0 spiro atoms. The fourth-order valence-corrected chi connectivity index (χ4v) is 2.76. The Labute approximate surface area is 148 Å². The molecule has 2 aromatic carbocycles. The quantitative estimate of drug-likeness (QED) is 0.730. The minimum atomic E-state index is -4.27. The number of carbonyl (C=O) groups excluding carboxylic acids is 1. The second kappa shape index (κ2) is 8.29. The van der Waals surface area contributed by atoms with Crippen LogP contribution in [0.2, 0.25) is 0 Å². The predicted octanol–water partition coefficient (Wildman–Crippen LogP) is 4.98. The fourth-order valence-electron chi connectivity index (χ4n) is 1.99. The molecule has 1 N–H and O–H groups in total. The van der Waals surface area contributed by atoms with E-state index in [0.29, 0.717) is 28.1 Å². The number of hydrogen-bond acceptors (Lipinski definition) is 3. The highest BCUT2D eigenvalue weighted by Crippen LogP contribution is 2.32. The second-order valence-corrected chi connectivity index (χ2v) is 6.50. The van der Waals surface area contributed by atoms with Crippen LogP contribution in [0.3, 0.4) is 0 Å². The van der Waals surface area contributed by atoms with Crippen molar-refractivity contribution in [3.05, 3.63) is 53.6 Å². The minimum absolute atomic E-state index is 0.221. The summed E-state index contributed by atoms with van der Waals surface area (Å²) < 4.78 is 42.6. The van der Waals surface area contributed by atoms with Gasteiger partial charge in [-0.3, -0.25) is 4.79 Å². The van der Waals surface area contributed by atoms with Crippen molar-refractivity contribution in [3.63, 3.8) is 0 Å². The summed E-state index contributed by atoms with van der Waals surface area (Å²) in [5.41, 5.74) is 2.50. The molecule has 0 atom stereocenters. The summed E-state index contributed by atoms with van der Waals surface area (Å²) in [5.74, 6) is -0.879. The number of alkyl halides is 3. The van der Waals surface area contributed by atoms with Gasteiger partial charge in [0.15, 0.2) is 6.61 Å². The summed E-state index contributed by atoms with van der Waals surface area (Å²) in [7, 11) is 0. The lowest BCUT2D eigenvalue weighted by Crippen LogP contribution is -2.20. The first kappa shape index (κ1) is 19.2. The van der Waals surface area contributed by atoms with E-state index in [4.69, 9.17) is 4.74 Å². The molecule has 7 heteroatoms. The Hall–Kier alpha value is -2.15. The molecule has 0 aliphatic carbocycles. The van der Waals surface area contributed by atoms with Crippen LogP contribution in [0.4, 0.5) is 18.9 Å². The van der Waals surface area contributed by atoms with Crippen LogP contribution in [0.25, 0.3) is 0 Å². The maximum absolute atomic E-state index is 12.4. The second-order valence-electron chi connectivity index (χ2n) is 5.48. The minimum Gasteiger partial charge on any atom is -0.484 e. The van der Waals surface area contributed by atoms with Crippen molar-refractivity contribution in [1.82, 2.24) is 0 Å². The van der Waals surface area contributed by atoms with Gasteiger partial charge in [-0.25, -0.2) is 0 Å². The Morgan fingerprint density at radius 3 is 2.52 bits per heavy atom. The SMILES string of the molecule is Cc1ccc(OCC(=O)Nc2ccccc2SCC(F)(F)F)cc1C. The molecule has 2 rings (SSSR count). The van der Waals surface area contributed by atoms with Crippen molar-refractivity contribution in [2.45, 2.75) is 24.9 Å². The van der Waals surface area contributed by atoms with Gasteiger partial charge in [0.05, 0.1) is 11.4 Å². The number of ether oxygens (including phenoxy) is 1. The summed E-state index contributed by atoms with van der Waals surface area (Å²) in [5, 5.41) is 2.59. The lowest BCUT2D eigenvalue weighted by atomic mass is 10.1. The lowest BCUT2D eigenvalue weighted by Gasteiger charge is -2.12. The van der Waals surface area contributed by atoms with E-state index in [0.717, 1.165) is 11.1 Å². The molecule has 0 heterocycles. The van der Waals surface area contributed by atoms with Gasteiger partial charge in [0.25, 0.3) is 5.91 Å².